The second-order valence-corrected chi connectivity index (χ2v) is 7.76. The number of fused-ring (bicyclic) bond motifs is 1. The van der Waals surface area contributed by atoms with E-state index in [0.717, 1.165) is 60.7 Å². The molecule has 5 rings (SSSR count). The van der Waals surface area contributed by atoms with Crippen LogP contribution < -0.4 is 10.2 Å². The molecule has 4 aromatic rings. The maximum Gasteiger partial charge on any atom is 0.145 e. The molecule has 0 radical (unpaired) electrons. The van der Waals surface area contributed by atoms with E-state index in [2.05, 4.69) is 61.6 Å². The summed E-state index contributed by atoms with van der Waals surface area (Å²) >= 11 is 0. The van der Waals surface area contributed by atoms with Gasteiger partial charge in [0.25, 0.3) is 0 Å². The first kappa shape index (κ1) is 21.1. The second-order valence-electron chi connectivity index (χ2n) is 7.76. The van der Waals surface area contributed by atoms with E-state index in [9.17, 15) is 0 Å². The molecule has 0 saturated carbocycles. The monoisotopic (exact) mass is 435 g/mol. The van der Waals surface area contributed by atoms with E-state index >= 15 is 0 Å². The summed E-state index contributed by atoms with van der Waals surface area (Å²) in [6.45, 7) is 5.08. The molecule has 1 fully saturated rings. The lowest BCUT2D eigenvalue weighted by Crippen LogP contribution is -2.44. The van der Waals surface area contributed by atoms with E-state index in [1.807, 2.05) is 24.4 Å². The third-order valence-corrected chi connectivity index (χ3v) is 5.63. The van der Waals surface area contributed by atoms with Gasteiger partial charge in [-0.05, 0) is 42.4 Å². The van der Waals surface area contributed by atoms with Gasteiger partial charge >= 0.3 is 0 Å². The summed E-state index contributed by atoms with van der Waals surface area (Å²) in [4.78, 5) is 14.1. The largest absolute Gasteiger partial charge is 0.369 e. The summed E-state index contributed by atoms with van der Waals surface area (Å²) in [7, 11) is 2.18. The van der Waals surface area contributed by atoms with Gasteiger partial charge < -0.3 is 15.1 Å². The fourth-order valence-corrected chi connectivity index (χ4v) is 3.80. The van der Waals surface area contributed by atoms with E-state index in [1.165, 1.54) is 11.3 Å². The number of piperazine rings is 1. The van der Waals surface area contributed by atoms with Gasteiger partial charge in [0.1, 0.15) is 5.82 Å². The normalized spacial score (nSPS) is 14.4. The highest BCUT2D eigenvalue weighted by atomic mass is 35.5. The summed E-state index contributed by atoms with van der Waals surface area (Å²) in [5.41, 5.74) is 6.39. The molecule has 160 valence electrons. The highest BCUT2D eigenvalue weighted by molar-refractivity contribution is 5.85. The molecular formula is C23H26ClN7. The first-order valence-corrected chi connectivity index (χ1v) is 10.3. The van der Waals surface area contributed by atoms with Crippen molar-refractivity contribution in [3.63, 3.8) is 0 Å². The Morgan fingerprint density at radius 1 is 0.968 bits per heavy atom. The van der Waals surface area contributed by atoms with Crippen molar-refractivity contribution in [2.24, 2.45) is 0 Å². The average Bonchev–Trinajstić information content (AvgIpc) is 3.33. The van der Waals surface area contributed by atoms with Gasteiger partial charge in [0, 0.05) is 50.2 Å². The number of aromatic amines is 1. The maximum absolute atomic E-state index is 4.72. The molecule has 7 nitrogen and oxygen atoms in total. The van der Waals surface area contributed by atoms with Gasteiger partial charge in [-0.15, -0.1) is 12.4 Å². The molecule has 0 unspecified atom stereocenters. The summed E-state index contributed by atoms with van der Waals surface area (Å²) in [6.07, 6.45) is 5.48. The van der Waals surface area contributed by atoms with E-state index in [-0.39, 0.29) is 12.4 Å². The van der Waals surface area contributed by atoms with Gasteiger partial charge in [0.2, 0.25) is 0 Å². The highest BCUT2D eigenvalue weighted by Crippen LogP contribution is 2.23. The molecule has 1 saturated heterocycles. The summed E-state index contributed by atoms with van der Waals surface area (Å²) in [5, 5.41) is 10.3. The van der Waals surface area contributed by atoms with Gasteiger partial charge in [-0.1, -0.05) is 18.2 Å². The van der Waals surface area contributed by atoms with Crippen molar-refractivity contribution < 1.29 is 0 Å². The Balaban J connectivity index is 0.00000231. The zero-order valence-corrected chi connectivity index (χ0v) is 18.3. The second kappa shape index (κ2) is 9.32. The summed E-state index contributed by atoms with van der Waals surface area (Å²) in [5.74, 6) is 0.781. The van der Waals surface area contributed by atoms with Crippen LogP contribution >= 0.6 is 12.4 Å². The van der Waals surface area contributed by atoms with Crippen LogP contribution in [-0.2, 0) is 6.54 Å². The van der Waals surface area contributed by atoms with E-state index in [1.54, 1.807) is 12.4 Å². The molecule has 0 bridgehead atoms. The number of nitrogens with one attached hydrogen (secondary N) is 2. The Hall–Kier alpha value is -3.16. The van der Waals surface area contributed by atoms with Crippen LogP contribution in [0.2, 0.25) is 0 Å². The topological polar surface area (TPSA) is 73.0 Å². The SMILES string of the molecule is CN1CCN(c2cccc(CNc3cnc4cc(-c5cn[nH]c5)ccc4n3)c2)CC1.Cl. The van der Waals surface area contributed by atoms with Gasteiger partial charge in [0.05, 0.1) is 23.4 Å². The molecule has 2 aromatic heterocycles. The van der Waals surface area contributed by atoms with Crippen molar-refractivity contribution in [1.82, 2.24) is 25.1 Å². The number of halogens is 1. The fraction of sp³-hybridized carbons (Fsp3) is 0.261. The Morgan fingerprint density at radius 3 is 2.65 bits per heavy atom. The van der Waals surface area contributed by atoms with Crippen LogP contribution in [0.25, 0.3) is 22.2 Å². The van der Waals surface area contributed by atoms with Crippen molar-refractivity contribution >= 4 is 34.9 Å². The highest BCUT2D eigenvalue weighted by Gasteiger charge is 2.14. The molecule has 2 N–H and O–H groups in total. The molecule has 2 aromatic carbocycles. The van der Waals surface area contributed by atoms with Gasteiger partial charge in [-0.2, -0.15) is 5.10 Å². The number of aromatic nitrogens is 4. The van der Waals surface area contributed by atoms with Crippen LogP contribution in [0.4, 0.5) is 11.5 Å². The predicted molar refractivity (Wildman–Crippen MR) is 128 cm³/mol. The summed E-state index contributed by atoms with van der Waals surface area (Å²) < 4.78 is 0. The smallest absolute Gasteiger partial charge is 0.145 e. The lowest BCUT2D eigenvalue weighted by molar-refractivity contribution is 0.313. The molecule has 1 aliphatic heterocycles. The third-order valence-electron chi connectivity index (χ3n) is 5.63. The molecule has 0 atom stereocenters. The number of anilines is 2. The number of H-pyrrole nitrogens is 1. The Kier molecular flexibility index (Phi) is 6.34. The minimum absolute atomic E-state index is 0. The molecule has 1 aliphatic rings. The van der Waals surface area contributed by atoms with Crippen LogP contribution in [-0.4, -0.2) is 58.3 Å². The standard InChI is InChI=1S/C23H25N7.ClH/c1-29-7-9-30(10-8-29)20-4-2-3-17(11-20)13-25-23-16-24-22-12-18(5-6-21(22)28-23)19-14-26-27-15-19;/h2-6,11-12,14-16H,7-10,13H2,1H3,(H,25,28)(H,26,27);1H. The van der Waals surface area contributed by atoms with E-state index in [0.29, 0.717) is 0 Å². The molecule has 3 heterocycles. The van der Waals surface area contributed by atoms with E-state index in [4.69, 9.17) is 4.98 Å². The van der Waals surface area contributed by atoms with Gasteiger partial charge in [-0.25, -0.2) is 4.98 Å². The number of rotatable bonds is 5. The fourth-order valence-electron chi connectivity index (χ4n) is 3.80. The number of hydrogen-bond donors (Lipinski definition) is 2. The van der Waals surface area contributed by atoms with Crippen LogP contribution in [0.15, 0.2) is 61.1 Å². The molecular weight excluding hydrogens is 410 g/mol. The minimum atomic E-state index is 0. The first-order chi connectivity index (χ1) is 14.7. The van der Waals surface area contributed by atoms with Gasteiger partial charge in [-0.3, -0.25) is 10.1 Å². The van der Waals surface area contributed by atoms with Crippen LogP contribution in [0.3, 0.4) is 0 Å². The van der Waals surface area contributed by atoms with Crippen molar-refractivity contribution in [3.05, 3.63) is 66.6 Å². The van der Waals surface area contributed by atoms with Crippen molar-refractivity contribution in [2.45, 2.75) is 6.54 Å². The Morgan fingerprint density at radius 2 is 1.84 bits per heavy atom. The van der Waals surface area contributed by atoms with E-state index < -0.39 is 0 Å². The summed E-state index contributed by atoms with van der Waals surface area (Å²) in [6, 6.07) is 14.8. The van der Waals surface area contributed by atoms with Crippen molar-refractivity contribution in [1.29, 1.82) is 0 Å². The number of nitrogens with zero attached hydrogens (tertiary/aromatic N) is 5. The Bertz CT molecular complexity index is 1140. The lowest BCUT2D eigenvalue weighted by Gasteiger charge is -2.34. The van der Waals surface area contributed by atoms with Crippen molar-refractivity contribution in [2.75, 3.05) is 43.4 Å². The van der Waals surface area contributed by atoms with Crippen LogP contribution in [0.5, 0.6) is 0 Å². The predicted octanol–water partition coefficient (Wildman–Crippen LogP) is 3.81. The number of benzene rings is 2. The third kappa shape index (κ3) is 4.78. The number of likely N-dealkylation sites (N-methyl/N-ethyl adjacent to an activating group) is 1. The van der Waals surface area contributed by atoms with Crippen LogP contribution in [0.1, 0.15) is 5.56 Å². The van der Waals surface area contributed by atoms with Crippen LogP contribution in [0, 0.1) is 0 Å². The van der Waals surface area contributed by atoms with Gasteiger partial charge in [0.15, 0.2) is 0 Å². The lowest BCUT2D eigenvalue weighted by atomic mass is 10.1. The molecule has 0 spiro atoms. The zero-order chi connectivity index (χ0) is 20.3. The maximum atomic E-state index is 4.72. The minimum Gasteiger partial charge on any atom is -0.369 e. The zero-order valence-electron chi connectivity index (χ0n) is 17.5. The Labute approximate surface area is 187 Å². The van der Waals surface area contributed by atoms with Crippen molar-refractivity contribution in [3.8, 4) is 11.1 Å². The average molecular weight is 436 g/mol. The first-order valence-electron chi connectivity index (χ1n) is 10.3. The molecule has 31 heavy (non-hydrogen) atoms. The quantitative estimate of drug-likeness (QED) is 0.496. The number of hydrogen-bond acceptors (Lipinski definition) is 6. The molecule has 0 amide bonds. The molecule has 0 aliphatic carbocycles. The molecule has 8 heteroatoms.